The maximum absolute atomic E-state index is 11.6. The molecule has 0 bridgehead atoms. The number of aliphatic hydroxyl groups excluding tert-OH is 2. The van der Waals surface area contributed by atoms with Crippen LogP contribution in [0.3, 0.4) is 0 Å². The van der Waals surface area contributed by atoms with Crippen molar-refractivity contribution in [2.45, 2.75) is 25.6 Å². The molecular weight excluding hydrogens is 238 g/mol. The van der Waals surface area contributed by atoms with Gasteiger partial charge in [0.15, 0.2) is 5.82 Å². The second-order valence-electron chi connectivity index (χ2n) is 4.52. The Morgan fingerprint density at radius 1 is 1.56 bits per heavy atom. The lowest BCUT2D eigenvalue weighted by atomic mass is 10.3. The number of β-amino-alcohol motifs (C(OH)–C–C–N with tert-alkyl or cyclic N) is 2. The highest BCUT2D eigenvalue weighted by Gasteiger charge is 2.29. The summed E-state index contributed by atoms with van der Waals surface area (Å²) in [6.07, 6.45) is -1.15. The second-order valence-corrected chi connectivity index (χ2v) is 4.52. The average Bonchev–Trinajstić information content (AvgIpc) is 2.84. The van der Waals surface area contributed by atoms with Crippen LogP contribution in [-0.2, 0) is 4.79 Å². The zero-order valence-corrected chi connectivity index (χ0v) is 10.2. The molecule has 3 N–H and O–H groups in total. The summed E-state index contributed by atoms with van der Waals surface area (Å²) in [5, 5.41) is 25.0. The third kappa shape index (κ3) is 3.28. The molecule has 1 aliphatic rings. The quantitative estimate of drug-likeness (QED) is 0.661. The summed E-state index contributed by atoms with van der Waals surface area (Å²) in [7, 11) is 0. The van der Waals surface area contributed by atoms with Crippen molar-refractivity contribution in [3.63, 3.8) is 0 Å². The van der Waals surface area contributed by atoms with Gasteiger partial charge in [-0.2, -0.15) is 0 Å². The fourth-order valence-corrected chi connectivity index (χ4v) is 1.92. The molecule has 2 heterocycles. The number of likely N-dealkylation sites (tertiary alicyclic amines) is 1. The first-order chi connectivity index (χ1) is 8.54. The number of nitrogens with one attached hydrogen (secondary N) is 1. The van der Waals surface area contributed by atoms with E-state index in [1.165, 1.54) is 0 Å². The van der Waals surface area contributed by atoms with Crippen molar-refractivity contribution in [1.82, 2.24) is 10.1 Å². The van der Waals surface area contributed by atoms with E-state index in [4.69, 9.17) is 4.52 Å². The summed E-state index contributed by atoms with van der Waals surface area (Å²) in [5.74, 6) is 0.870. The van der Waals surface area contributed by atoms with Crippen LogP contribution in [-0.4, -0.2) is 58.0 Å². The minimum absolute atomic E-state index is 0.167. The summed E-state index contributed by atoms with van der Waals surface area (Å²) < 4.78 is 4.83. The summed E-state index contributed by atoms with van der Waals surface area (Å²) in [4.78, 5) is 13.4. The number of amides is 1. The maximum atomic E-state index is 11.6. The van der Waals surface area contributed by atoms with Gasteiger partial charge in [0.25, 0.3) is 0 Å². The van der Waals surface area contributed by atoms with Crippen molar-refractivity contribution in [2.75, 3.05) is 25.0 Å². The Kier molecular flexibility index (Phi) is 3.95. The van der Waals surface area contributed by atoms with Gasteiger partial charge in [0.2, 0.25) is 5.91 Å². The largest absolute Gasteiger partial charge is 0.389 e. The molecule has 1 aromatic heterocycles. The van der Waals surface area contributed by atoms with Crippen molar-refractivity contribution >= 4 is 11.7 Å². The van der Waals surface area contributed by atoms with Gasteiger partial charge in [0.05, 0.1) is 12.2 Å². The molecule has 1 aromatic rings. The summed E-state index contributed by atoms with van der Waals surface area (Å²) in [6.45, 7) is 3.04. The lowest BCUT2D eigenvalue weighted by Crippen LogP contribution is -2.27. The molecule has 0 saturated carbocycles. The third-order valence-corrected chi connectivity index (χ3v) is 2.89. The molecule has 0 aliphatic carbocycles. The second kappa shape index (κ2) is 5.47. The van der Waals surface area contributed by atoms with E-state index < -0.39 is 12.2 Å². The van der Waals surface area contributed by atoms with E-state index in [1.807, 2.05) is 4.90 Å². The van der Waals surface area contributed by atoms with Crippen LogP contribution in [0.5, 0.6) is 0 Å². The van der Waals surface area contributed by atoms with Gasteiger partial charge in [0, 0.05) is 32.1 Å². The minimum atomic E-state index is -0.716. The number of carbonyl (C=O) groups is 1. The summed E-state index contributed by atoms with van der Waals surface area (Å²) >= 11 is 0. The smallest absolute Gasteiger partial charge is 0.226 e. The highest BCUT2D eigenvalue weighted by atomic mass is 16.5. The molecule has 1 amide bonds. The Hall–Kier alpha value is -1.44. The molecule has 2 atom stereocenters. The van der Waals surface area contributed by atoms with E-state index in [0.29, 0.717) is 31.2 Å². The van der Waals surface area contributed by atoms with E-state index in [1.54, 1.807) is 13.0 Å². The number of aryl methyl sites for hydroxylation is 1. The molecule has 0 aromatic carbocycles. The van der Waals surface area contributed by atoms with Crippen molar-refractivity contribution in [3.05, 3.63) is 11.8 Å². The van der Waals surface area contributed by atoms with Crippen LogP contribution in [0.4, 0.5) is 5.82 Å². The predicted octanol–water partition coefficient (Wildman–Crippen LogP) is -0.651. The molecule has 0 radical (unpaired) electrons. The van der Waals surface area contributed by atoms with Gasteiger partial charge in [-0.05, 0) is 6.92 Å². The zero-order chi connectivity index (χ0) is 13.1. The van der Waals surface area contributed by atoms with E-state index in [-0.39, 0.29) is 12.3 Å². The predicted molar refractivity (Wildman–Crippen MR) is 62.9 cm³/mol. The topological polar surface area (TPSA) is 98.8 Å². The number of hydrogen-bond donors (Lipinski definition) is 3. The maximum Gasteiger partial charge on any atom is 0.226 e. The molecule has 18 heavy (non-hydrogen) atoms. The van der Waals surface area contributed by atoms with Crippen molar-refractivity contribution < 1.29 is 19.5 Å². The SMILES string of the molecule is Cc1cc(NC(=O)CCN2CC(O)C(O)C2)no1. The number of anilines is 1. The van der Waals surface area contributed by atoms with Gasteiger partial charge in [-0.3, -0.25) is 9.69 Å². The Morgan fingerprint density at radius 2 is 2.22 bits per heavy atom. The molecule has 1 fully saturated rings. The normalized spacial score (nSPS) is 24.4. The highest BCUT2D eigenvalue weighted by Crippen LogP contribution is 2.11. The molecule has 2 unspecified atom stereocenters. The number of aliphatic hydroxyl groups is 2. The molecular formula is C11H17N3O4. The van der Waals surface area contributed by atoms with E-state index in [0.717, 1.165) is 0 Å². The lowest BCUT2D eigenvalue weighted by molar-refractivity contribution is -0.116. The zero-order valence-electron chi connectivity index (χ0n) is 10.2. The Bertz CT molecular complexity index is 410. The monoisotopic (exact) mass is 255 g/mol. The Labute approximate surface area is 104 Å². The average molecular weight is 255 g/mol. The summed E-state index contributed by atoms with van der Waals surface area (Å²) in [6, 6.07) is 1.64. The third-order valence-electron chi connectivity index (χ3n) is 2.89. The van der Waals surface area contributed by atoms with Gasteiger partial charge in [0.1, 0.15) is 5.76 Å². The molecule has 2 rings (SSSR count). The fourth-order valence-electron chi connectivity index (χ4n) is 1.92. The first kappa shape index (κ1) is 13.0. The van der Waals surface area contributed by atoms with Crippen molar-refractivity contribution in [1.29, 1.82) is 0 Å². The number of rotatable bonds is 4. The van der Waals surface area contributed by atoms with E-state index in [2.05, 4.69) is 10.5 Å². The number of hydrogen-bond acceptors (Lipinski definition) is 6. The molecule has 100 valence electrons. The van der Waals surface area contributed by atoms with Crippen molar-refractivity contribution in [3.8, 4) is 0 Å². The van der Waals surface area contributed by atoms with Crippen LogP contribution >= 0.6 is 0 Å². The van der Waals surface area contributed by atoms with Crippen LogP contribution in [0.1, 0.15) is 12.2 Å². The molecule has 1 aliphatic heterocycles. The fraction of sp³-hybridized carbons (Fsp3) is 0.636. The molecule has 7 nitrogen and oxygen atoms in total. The first-order valence-electron chi connectivity index (χ1n) is 5.86. The summed E-state index contributed by atoms with van der Waals surface area (Å²) in [5.41, 5.74) is 0. The molecule has 0 spiro atoms. The van der Waals surface area contributed by atoms with Crippen LogP contribution in [0.25, 0.3) is 0 Å². The van der Waals surface area contributed by atoms with E-state index >= 15 is 0 Å². The van der Waals surface area contributed by atoms with Gasteiger partial charge in [-0.15, -0.1) is 0 Å². The van der Waals surface area contributed by atoms with Gasteiger partial charge in [-0.1, -0.05) is 5.16 Å². The van der Waals surface area contributed by atoms with Crippen LogP contribution in [0.2, 0.25) is 0 Å². The Morgan fingerprint density at radius 3 is 2.78 bits per heavy atom. The lowest BCUT2D eigenvalue weighted by Gasteiger charge is -2.13. The van der Waals surface area contributed by atoms with Crippen LogP contribution in [0.15, 0.2) is 10.6 Å². The van der Waals surface area contributed by atoms with Gasteiger partial charge < -0.3 is 20.1 Å². The van der Waals surface area contributed by atoms with Gasteiger partial charge in [-0.25, -0.2) is 0 Å². The van der Waals surface area contributed by atoms with Crippen LogP contribution < -0.4 is 5.32 Å². The number of carbonyl (C=O) groups excluding carboxylic acids is 1. The number of nitrogens with zero attached hydrogens (tertiary/aromatic N) is 2. The highest BCUT2D eigenvalue weighted by molar-refractivity contribution is 5.89. The van der Waals surface area contributed by atoms with E-state index in [9.17, 15) is 15.0 Å². The number of aromatic nitrogens is 1. The molecule has 1 saturated heterocycles. The standard InChI is InChI=1S/C11H17N3O4/c1-7-4-10(13-18-7)12-11(17)2-3-14-5-8(15)9(16)6-14/h4,8-9,15-16H,2-3,5-6H2,1H3,(H,12,13,17). The molecule has 7 heteroatoms. The Balaban J connectivity index is 1.72. The van der Waals surface area contributed by atoms with Crippen molar-refractivity contribution in [2.24, 2.45) is 0 Å². The van der Waals surface area contributed by atoms with Crippen LogP contribution in [0, 0.1) is 6.92 Å². The minimum Gasteiger partial charge on any atom is -0.389 e. The van der Waals surface area contributed by atoms with Gasteiger partial charge >= 0.3 is 0 Å². The first-order valence-corrected chi connectivity index (χ1v) is 5.86.